The molecule has 1 heterocycles. The lowest BCUT2D eigenvalue weighted by Crippen LogP contribution is -2.30. The maximum atomic E-state index is 12.6. The van der Waals surface area contributed by atoms with Crippen LogP contribution in [0.1, 0.15) is 23.2 Å². The van der Waals surface area contributed by atoms with Crippen LogP contribution in [-0.2, 0) is 20.0 Å². The van der Waals surface area contributed by atoms with Crippen LogP contribution in [0.3, 0.4) is 0 Å². The van der Waals surface area contributed by atoms with Crippen LogP contribution in [0.4, 0.5) is 5.69 Å². The largest absolute Gasteiger partial charge is 0.492 e. The summed E-state index contributed by atoms with van der Waals surface area (Å²) in [6.45, 7) is 5.23. The molecule has 1 aliphatic rings. The van der Waals surface area contributed by atoms with Crippen LogP contribution in [-0.4, -0.2) is 66.1 Å². The van der Waals surface area contributed by atoms with E-state index in [2.05, 4.69) is 11.9 Å². The molecule has 2 aromatic carbocycles. The minimum absolute atomic E-state index is 0.132. The van der Waals surface area contributed by atoms with Crippen molar-refractivity contribution in [3.8, 4) is 5.75 Å². The highest BCUT2D eigenvalue weighted by atomic mass is 32.2. The minimum Gasteiger partial charge on any atom is -0.492 e. The van der Waals surface area contributed by atoms with Gasteiger partial charge in [0.1, 0.15) is 12.4 Å². The van der Waals surface area contributed by atoms with Crippen molar-refractivity contribution in [2.75, 3.05) is 43.3 Å². The average molecular weight is 508 g/mol. The van der Waals surface area contributed by atoms with Gasteiger partial charge in [-0.25, -0.2) is 16.8 Å². The van der Waals surface area contributed by atoms with Crippen molar-refractivity contribution in [3.05, 3.63) is 66.7 Å². The van der Waals surface area contributed by atoms with Crippen molar-refractivity contribution in [3.63, 3.8) is 0 Å². The number of hydrogen-bond acceptors (Lipinski definition) is 6. The summed E-state index contributed by atoms with van der Waals surface area (Å²) in [4.78, 5) is 12.6. The maximum Gasteiger partial charge on any atom is 0.251 e. The van der Waals surface area contributed by atoms with Crippen LogP contribution < -0.4 is 14.4 Å². The second-order valence-corrected chi connectivity index (χ2v) is 11.7. The van der Waals surface area contributed by atoms with Crippen molar-refractivity contribution in [1.29, 1.82) is 0 Å². The van der Waals surface area contributed by atoms with Crippen molar-refractivity contribution >= 4 is 31.6 Å². The van der Waals surface area contributed by atoms with Crippen LogP contribution in [0, 0.1) is 0 Å². The van der Waals surface area contributed by atoms with E-state index in [9.17, 15) is 21.6 Å². The molecule has 0 saturated carbocycles. The quantitative estimate of drug-likeness (QED) is 0.369. The second-order valence-electron chi connectivity index (χ2n) is 7.82. The van der Waals surface area contributed by atoms with E-state index in [1.165, 1.54) is 26.8 Å². The fourth-order valence-corrected chi connectivity index (χ4v) is 5.95. The van der Waals surface area contributed by atoms with Gasteiger partial charge in [-0.15, -0.1) is 6.58 Å². The smallest absolute Gasteiger partial charge is 0.251 e. The number of carbonyl (C=O) groups is 1. The molecule has 2 aromatic rings. The van der Waals surface area contributed by atoms with E-state index in [1.54, 1.807) is 36.4 Å². The summed E-state index contributed by atoms with van der Waals surface area (Å²) in [5.41, 5.74) is 0.824. The number of anilines is 1. The van der Waals surface area contributed by atoms with Gasteiger partial charge in [0.05, 0.1) is 29.9 Å². The molecule has 1 amide bonds. The summed E-state index contributed by atoms with van der Waals surface area (Å²) in [6, 6.07) is 12.5. The number of sulfonamides is 2. The predicted octanol–water partition coefficient (Wildman–Crippen LogP) is 2.23. The van der Waals surface area contributed by atoms with E-state index in [4.69, 9.17) is 4.74 Å². The summed E-state index contributed by atoms with van der Waals surface area (Å²) in [5.74, 6) is 0.180. The molecular formula is C23H29N3O6S2. The first kappa shape index (κ1) is 25.7. The number of carbonyl (C=O) groups excluding carboxylic acids is 1. The highest BCUT2D eigenvalue weighted by Crippen LogP contribution is 2.23. The lowest BCUT2D eigenvalue weighted by atomic mass is 10.2. The van der Waals surface area contributed by atoms with Crippen molar-refractivity contribution in [2.24, 2.45) is 0 Å². The molecular weight excluding hydrogens is 478 g/mol. The van der Waals surface area contributed by atoms with Crippen LogP contribution in [0.2, 0.25) is 0 Å². The molecule has 0 aliphatic carbocycles. The highest BCUT2D eigenvalue weighted by Gasteiger charge is 2.27. The van der Waals surface area contributed by atoms with Gasteiger partial charge in [-0.3, -0.25) is 9.10 Å². The predicted molar refractivity (Wildman–Crippen MR) is 131 cm³/mol. The highest BCUT2D eigenvalue weighted by molar-refractivity contribution is 7.92. The summed E-state index contributed by atoms with van der Waals surface area (Å²) in [6.07, 6.45) is 4.36. The Morgan fingerprint density at radius 1 is 1.06 bits per heavy atom. The maximum absolute atomic E-state index is 12.6. The van der Waals surface area contributed by atoms with Gasteiger partial charge in [0, 0.05) is 18.7 Å². The third-order valence-electron chi connectivity index (χ3n) is 5.30. The zero-order valence-corrected chi connectivity index (χ0v) is 20.6. The second kappa shape index (κ2) is 11.0. The Kier molecular flexibility index (Phi) is 8.34. The van der Waals surface area contributed by atoms with Crippen molar-refractivity contribution in [1.82, 2.24) is 9.62 Å². The number of rotatable bonds is 11. The van der Waals surface area contributed by atoms with Gasteiger partial charge in [-0.1, -0.05) is 6.08 Å². The molecule has 0 unspecified atom stereocenters. The Morgan fingerprint density at radius 2 is 1.68 bits per heavy atom. The molecule has 0 atom stereocenters. The van der Waals surface area contributed by atoms with Gasteiger partial charge in [-0.05, 0) is 61.4 Å². The zero-order valence-electron chi connectivity index (χ0n) is 19.0. The standard InChI is InChI=1S/C23H29N3O6S2/c1-3-15-26(33(2,28)29)20-8-6-19(7-9-20)23(27)24-14-18-32-21-10-12-22(13-11-21)34(30,31)25-16-4-5-17-25/h3,6-13H,1,4-5,14-18H2,2H3,(H,24,27). The number of ether oxygens (including phenoxy) is 1. The lowest BCUT2D eigenvalue weighted by molar-refractivity contribution is 0.0947. The van der Waals surface area contributed by atoms with E-state index in [-0.39, 0.29) is 30.5 Å². The van der Waals surface area contributed by atoms with E-state index in [1.807, 2.05) is 0 Å². The molecule has 0 aromatic heterocycles. The number of hydrogen-bond donors (Lipinski definition) is 1. The molecule has 184 valence electrons. The Balaban J connectivity index is 1.49. The monoisotopic (exact) mass is 507 g/mol. The third kappa shape index (κ3) is 6.37. The number of nitrogens with zero attached hydrogens (tertiary/aromatic N) is 2. The number of benzene rings is 2. The Morgan fingerprint density at radius 3 is 2.24 bits per heavy atom. The summed E-state index contributed by atoms with van der Waals surface area (Å²) in [7, 11) is -6.93. The molecule has 0 radical (unpaired) electrons. The first-order valence-electron chi connectivity index (χ1n) is 10.8. The summed E-state index contributed by atoms with van der Waals surface area (Å²) >= 11 is 0. The van der Waals surface area contributed by atoms with Gasteiger partial charge in [0.2, 0.25) is 20.0 Å². The molecule has 0 bridgehead atoms. The molecule has 9 nitrogen and oxygen atoms in total. The molecule has 11 heteroatoms. The fourth-order valence-electron chi connectivity index (χ4n) is 3.55. The molecule has 1 aliphatic heterocycles. The van der Waals surface area contributed by atoms with Crippen LogP contribution in [0.25, 0.3) is 0 Å². The summed E-state index contributed by atoms with van der Waals surface area (Å²) < 4.78 is 57.2. The lowest BCUT2D eigenvalue weighted by Gasteiger charge is -2.20. The molecule has 1 N–H and O–H groups in total. The van der Waals surface area contributed by atoms with E-state index in [0.717, 1.165) is 19.1 Å². The average Bonchev–Trinajstić information content (AvgIpc) is 3.36. The van der Waals surface area contributed by atoms with E-state index in [0.29, 0.717) is 30.1 Å². The number of amides is 1. The molecule has 3 rings (SSSR count). The molecule has 1 fully saturated rings. The SMILES string of the molecule is C=CCN(c1ccc(C(=O)NCCOc2ccc(S(=O)(=O)N3CCCC3)cc2)cc1)S(C)(=O)=O. The summed E-state index contributed by atoms with van der Waals surface area (Å²) in [5, 5.41) is 2.73. The Bertz CT molecular complexity index is 1200. The normalized spacial score (nSPS) is 14.5. The Hall–Kier alpha value is -2.89. The van der Waals surface area contributed by atoms with Crippen LogP contribution in [0.5, 0.6) is 5.75 Å². The molecule has 34 heavy (non-hydrogen) atoms. The van der Waals surface area contributed by atoms with Gasteiger partial charge in [0.25, 0.3) is 5.91 Å². The van der Waals surface area contributed by atoms with E-state index < -0.39 is 20.0 Å². The van der Waals surface area contributed by atoms with Crippen molar-refractivity contribution in [2.45, 2.75) is 17.7 Å². The molecule has 0 spiro atoms. The fraction of sp³-hybridized carbons (Fsp3) is 0.348. The first-order chi connectivity index (χ1) is 16.1. The van der Waals surface area contributed by atoms with E-state index >= 15 is 0 Å². The topological polar surface area (TPSA) is 113 Å². The van der Waals surface area contributed by atoms with Gasteiger partial charge in [-0.2, -0.15) is 4.31 Å². The van der Waals surface area contributed by atoms with Crippen LogP contribution in [0.15, 0.2) is 66.1 Å². The third-order valence-corrected chi connectivity index (χ3v) is 8.37. The van der Waals surface area contributed by atoms with Gasteiger partial charge >= 0.3 is 0 Å². The van der Waals surface area contributed by atoms with Crippen molar-refractivity contribution < 1.29 is 26.4 Å². The first-order valence-corrected chi connectivity index (χ1v) is 14.1. The van der Waals surface area contributed by atoms with Gasteiger partial charge in [0.15, 0.2) is 0 Å². The Labute approximate surface area is 201 Å². The molecule has 1 saturated heterocycles. The zero-order chi connectivity index (χ0) is 24.8. The number of nitrogens with one attached hydrogen (secondary N) is 1. The van der Waals surface area contributed by atoms with Crippen LogP contribution >= 0.6 is 0 Å². The minimum atomic E-state index is -3.46. The van der Waals surface area contributed by atoms with Gasteiger partial charge < -0.3 is 10.1 Å².